The molecule has 0 atom stereocenters. The molecule has 0 fully saturated rings. The van der Waals surface area contributed by atoms with E-state index in [9.17, 15) is 18.0 Å². The van der Waals surface area contributed by atoms with E-state index in [0.29, 0.717) is 17.7 Å². The van der Waals surface area contributed by atoms with Gasteiger partial charge >= 0.3 is 5.97 Å². The Kier molecular flexibility index (Phi) is 7.54. The number of sulfonamides is 1. The molecule has 1 aromatic heterocycles. The molecule has 11 heteroatoms. The summed E-state index contributed by atoms with van der Waals surface area (Å²) in [6.07, 6.45) is 1.69. The molecule has 0 saturated carbocycles. The van der Waals surface area contributed by atoms with Crippen LogP contribution in [0.4, 0.5) is 10.8 Å². The Balaban J connectivity index is 1.63. The largest absolute Gasteiger partial charge is 0.462 e. The van der Waals surface area contributed by atoms with Crippen molar-refractivity contribution in [2.75, 3.05) is 16.6 Å². The molecule has 168 valence electrons. The van der Waals surface area contributed by atoms with E-state index >= 15 is 0 Å². The zero-order valence-electron chi connectivity index (χ0n) is 17.5. The van der Waals surface area contributed by atoms with Crippen LogP contribution in [0.2, 0.25) is 0 Å². The molecule has 2 N–H and O–H groups in total. The third-order valence-electron chi connectivity index (χ3n) is 4.27. The van der Waals surface area contributed by atoms with E-state index in [4.69, 9.17) is 4.74 Å². The van der Waals surface area contributed by atoms with Gasteiger partial charge in [0.15, 0.2) is 0 Å². The van der Waals surface area contributed by atoms with Crippen molar-refractivity contribution in [3.05, 3.63) is 65.2 Å². The van der Waals surface area contributed by atoms with E-state index in [0.717, 1.165) is 29.7 Å². The number of carbonyl (C=O) groups excluding carboxylic acids is 2. The van der Waals surface area contributed by atoms with Gasteiger partial charge in [-0.1, -0.05) is 42.4 Å². The highest BCUT2D eigenvalue weighted by atomic mass is 32.2. The molecule has 0 unspecified atom stereocenters. The first-order valence-electron chi connectivity index (χ1n) is 9.80. The highest BCUT2D eigenvalue weighted by Gasteiger charge is 2.21. The molecular formula is C21H22N4O5S2. The third kappa shape index (κ3) is 6.11. The lowest BCUT2D eigenvalue weighted by Crippen LogP contribution is -2.13. The number of hydrogen-bond donors (Lipinski definition) is 2. The molecular weight excluding hydrogens is 452 g/mol. The Hall–Kier alpha value is -3.31. The van der Waals surface area contributed by atoms with Gasteiger partial charge < -0.3 is 4.74 Å². The number of aryl methyl sites for hydroxylation is 1. The van der Waals surface area contributed by atoms with Crippen molar-refractivity contribution in [1.82, 2.24) is 10.2 Å². The van der Waals surface area contributed by atoms with Gasteiger partial charge in [-0.15, -0.1) is 10.2 Å². The lowest BCUT2D eigenvalue weighted by Gasteiger charge is -2.07. The fourth-order valence-corrected chi connectivity index (χ4v) is 4.46. The normalized spacial score (nSPS) is 11.1. The highest BCUT2D eigenvalue weighted by molar-refractivity contribution is 7.94. The van der Waals surface area contributed by atoms with Gasteiger partial charge in [-0.25, -0.2) is 4.79 Å². The predicted molar refractivity (Wildman–Crippen MR) is 121 cm³/mol. The first kappa shape index (κ1) is 23.4. The van der Waals surface area contributed by atoms with Crippen LogP contribution in [-0.2, 0) is 14.8 Å². The summed E-state index contributed by atoms with van der Waals surface area (Å²) < 4.78 is 32.4. The van der Waals surface area contributed by atoms with E-state index in [-0.39, 0.29) is 15.2 Å². The lowest BCUT2D eigenvalue weighted by molar-refractivity contribution is 0.0499. The SMILES string of the molecule is CCCCOC(=O)c1ccc(NS(=O)(=O)c2nnc(NC(=O)c3ccc(C)cc3)s2)cc1. The Labute approximate surface area is 189 Å². The quantitative estimate of drug-likeness (QED) is 0.274. The maximum absolute atomic E-state index is 12.6. The van der Waals surface area contributed by atoms with Gasteiger partial charge in [0.25, 0.3) is 20.3 Å². The van der Waals surface area contributed by atoms with Crippen LogP contribution >= 0.6 is 11.3 Å². The number of carbonyl (C=O) groups is 2. The fourth-order valence-electron chi connectivity index (χ4n) is 2.51. The number of aromatic nitrogens is 2. The minimum absolute atomic E-state index is 0.0566. The Morgan fingerprint density at radius 3 is 2.31 bits per heavy atom. The summed E-state index contributed by atoms with van der Waals surface area (Å²) in [4.78, 5) is 24.2. The summed E-state index contributed by atoms with van der Waals surface area (Å²) in [7, 11) is -4.02. The zero-order valence-corrected chi connectivity index (χ0v) is 19.1. The van der Waals surface area contributed by atoms with Crippen LogP contribution in [0.15, 0.2) is 52.9 Å². The van der Waals surface area contributed by atoms with Crippen molar-refractivity contribution in [2.24, 2.45) is 0 Å². The van der Waals surface area contributed by atoms with E-state index in [1.807, 2.05) is 13.8 Å². The third-order valence-corrected chi connectivity index (χ3v) is 6.86. The second kappa shape index (κ2) is 10.3. The Morgan fingerprint density at radius 1 is 1.00 bits per heavy atom. The number of nitrogens with one attached hydrogen (secondary N) is 2. The molecule has 9 nitrogen and oxygen atoms in total. The minimum Gasteiger partial charge on any atom is -0.462 e. The molecule has 0 aliphatic rings. The number of benzene rings is 2. The summed E-state index contributed by atoms with van der Waals surface area (Å²) >= 11 is 0.726. The molecule has 1 heterocycles. The molecule has 1 amide bonds. The summed E-state index contributed by atoms with van der Waals surface area (Å²) in [6.45, 7) is 4.24. The van der Waals surface area contributed by atoms with Gasteiger partial charge in [0, 0.05) is 11.3 Å². The number of rotatable bonds is 9. The van der Waals surface area contributed by atoms with Gasteiger partial charge in [0.2, 0.25) is 5.13 Å². The van der Waals surface area contributed by atoms with Crippen molar-refractivity contribution in [1.29, 1.82) is 0 Å². The molecule has 0 aliphatic carbocycles. The molecule has 32 heavy (non-hydrogen) atoms. The summed E-state index contributed by atoms with van der Waals surface area (Å²) in [5, 5.41) is 9.99. The number of esters is 1. The number of hydrogen-bond acceptors (Lipinski definition) is 8. The second-order valence-corrected chi connectivity index (χ2v) is 9.70. The highest BCUT2D eigenvalue weighted by Crippen LogP contribution is 2.23. The van der Waals surface area contributed by atoms with Gasteiger partial charge in [0.05, 0.1) is 12.2 Å². The van der Waals surface area contributed by atoms with Gasteiger partial charge in [-0.3, -0.25) is 14.8 Å². The summed E-state index contributed by atoms with van der Waals surface area (Å²) in [6, 6.07) is 12.8. The van der Waals surface area contributed by atoms with Crippen molar-refractivity contribution < 1.29 is 22.7 Å². The van der Waals surface area contributed by atoms with Gasteiger partial charge in [-0.05, 0) is 49.7 Å². The number of unbranched alkanes of at least 4 members (excludes halogenated alkanes) is 1. The van der Waals surface area contributed by atoms with Crippen molar-refractivity contribution in [3.63, 3.8) is 0 Å². The number of anilines is 2. The molecule has 3 rings (SSSR count). The predicted octanol–water partition coefficient (Wildman–Crippen LogP) is 3.86. The molecule has 3 aromatic rings. The summed E-state index contributed by atoms with van der Waals surface area (Å²) in [5.41, 5.74) is 2.00. The van der Waals surface area contributed by atoms with Crippen molar-refractivity contribution in [2.45, 2.75) is 31.0 Å². The summed E-state index contributed by atoms with van der Waals surface area (Å²) in [5.74, 6) is -0.884. The lowest BCUT2D eigenvalue weighted by atomic mass is 10.1. The molecule has 0 aliphatic heterocycles. The first-order valence-corrected chi connectivity index (χ1v) is 12.1. The van der Waals surface area contributed by atoms with Crippen molar-refractivity contribution >= 4 is 44.1 Å². The molecule has 0 spiro atoms. The molecule has 2 aromatic carbocycles. The van der Waals surface area contributed by atoms with Gasteiger partial charge in [0.1, 0.15) is 0 Å². The number of nitrogens with zero attached hydrogens (tertiary/aromatic N) is 2. The first-order chi connectivity index (χ1) is 15.3. The molecule has 0 saturated heterocycles. The van der Waals surface area contributed by atoms with Crippen LogP contribution in [0.3, 0.4) is 0 Å². The van der Waals surface area contributed by atoms with Crippen LogP contribution in [0.1, 0.15) is 46.0 Å². The average molecular weight is 475 g/mol. The van der Waals surface area contributed by atoms with Crippen LogP contribution in [-0.4, -0.2) is 37.1 Å². The minimum atomic E-state index is -4.02. The number of ether oxygens (including phenoxy) is 1. The monoisotopic (exact) mass is 474 g/mol. The smallest absolute Gasteiger partial charge is 0.338 e. The second-order valence-electron chi connectivity index (χ2n) is 6.87. The number of amides is 1. The van der Waals surface area contributed by atoms with Crippen LogP contribution in [0, 0.1) is 6.92 Å². The maximum Gasteiger partial charge on any atom is 0.338 e. The Morgan fingerprint density at radius 2 is 1.66 bits per heavy atom. The zero-order chi connectivity index (χ0) is 23.1. The van der Waals surface area contributed by atoms with Gasteiger partial charge in [-0.2, -0.15) is 8.42 Å². The topological polar surface area (TPSA) is 127 Å². The standard InChI is InChI=1S/C21H22N4O5S2/c1-3-4-13-30-19(27)16-9-11-17(12-10-16)25-32(28,29)21-24-23-20(31-21)22-18(26)15-7-5-14(2)6-8-15/h5-12,25H,3-4,13H2,1-2H3,(H,22,23,26). The van der Waals surface area contributed by atoms with Crippen molar-refractivity contribution in [3.8, 4) is 0 Å². The van der Waals surface area contributed by atoms with Crippen LogP contribution < -0.4 is 10.0 Å². The average Bonchev–Trinajstić information content (AvgIpc) is 3.24. The molecule has 0 bridgehead atoms. The van der Waals surface area contributed by atoms with Crippen LogP contribution in [0.5, 0.6) is 0 Å². The van der Waals surface area contributed by atoms with E-state index in [1.165, 1.54) is 24.3 Å². The van der Waals surface area contributed by atoms with E-state index in [2.05, 4.69) is 20.2 Å². The van der Waals surface area contributed by atoms with E-state index in [1.54, 1.807) is 24.3 Å². The molecule has 0 radical (unpaired) electrons. The van der Waals surface area contributed by atoms with Crippen LogP contribution in [0.25, 0.3) is 0 Å². The fraction of sp³-hybridized carbons (Fsp3) is 0.238. The Bertz CT molecular complexity index is 1190. The van der Waals surface area contributed by atoms with E-state index < -0.39 is 21.9 Å². The maximum atomic E-state index is 12.6.